The van der Waals surface area contributed by atoms with Crippen LogP contribution in [0.4, 0.5) is 10.5 Å². The molecular weight excluding hydrogens is 742 g/mol. The van der Waals surface area contributed by atoms with Gasteiger partial charge in [0, 0.05) is 19.8 Å². The first-order valence-electron chi connectivity index (χ1n) is 10.8. The van der Waals surface area contributed by atoms with Crippen LogP contribution in [0.5, 0.6) is 11.5 Å². The van der Waals surface area contributed by atoms with Gasteiger partial charge in [-0.15, -0.1) is 0 Å². The maximum Gasteiger partial charge on any atom is 0.294 e. The highest BCUT2D eigenvalue weighted by Gasteiger charge is 2.36. The molecule has 1 fully saturated rings. The highest BCUT2D eigenvalue weighted by Crippen LogP contribution is 2.38. The first-order valence-corrected chi connectivity index (χ1v) is 14.1. The third-order valence-electron chi connectivity index (χ3n) is 5.18. The third-order valence-corrected chi connectivity index (χ3v) is 7.98. The van der Waals surface area contributed by atoms with Crippen molar-refractivity contribution in [2.75, 3.05) is 19.0 Å². The Morgan fingerprint density at radius 3 is 2.54 bits per heavy atom. The zero-order valence-electron chi connectivity index (χ0n) is 19.3. The lowest BCUT2D eigenvalue weighted by molar-refractivity contribution is -0.127. The van der Waals surface area contributed by atoms with Crippen LogP contribution in [0.1, 0.15) is 11.1 Å². The van der Waals surface area contributed by atoms with Crippen LogP contribution in [0.25, 0.3) is 6.08 Å². The second-order valence-corrected chi connectivity index (χ2v) is 11.5. The molecule has 0 spiro atoms. The lowest BCUT2D eigenvalue weighted by Crippen LogP contribution is -2.36. The number of hydrogen-bond acceptors (Lipinski definition) is 6. The number of ether oxygens (including phenoxy) is 2. The van der Waals surface area contributed by atoms with E-state index in [1.165, 1.54) is 7.11 Å². The molecule has 3 amide bonds. The number of imide groups is 1. The van der Waals surface area contributed by atoms with E-state index in [1.807, 2.05) is 36.4 Å². The molecule has 37 heavy (non-hydrogen) atoms. The molecule has 0 bridgehead atoms. The number of benzene rings is 3. The number of nitrogens with zero attached hydrogens (tertiary/aromatic N) is 1. The molecule has 4 rings (SSSR count). The van der Waals surface area contributed by atoms with Crippen molar-refractivity contribution in [3.05, 3.63) is 88.9 Å². The van der Waals surface area contributed by atoms with Gasteiger partial charge in [-0.25, -0.2) is 0 Å². The van der Waals surface area contributed by atoms with Gasteiger partial charge in [0.05, 0.1) is 15.6 Å². The standard InChI is InChI=1S/C26H19ClI2N2O5S/c1-35-21-11-15(10-20(29)24(21)36-14-16-4-2-3-5-19(16)27)12-22-25(33)31(26(34)37-22)13-23(32)30-18-8-6-17(28)7-9-18/h2-12H,13-14H2,1H3,(H,30,32)/b22-12+. The first-order chi connectivity index (χ1) is 17.7. The monoisotopic (exact) mass is 760 g/mol. The summed E-state index contributed by atoms with van der Waals surface area (Å²) in [7, 11) is 1.53. The van der Waals surface area contributed by atoms with Gasteiger partial charge in [0.2, 0.25) is 5.91 Å². The fourth-order valence-corrected chi connectivity index (χ4v) is 5.56. The van der Waals surface area contributed by atoms with Gasteiger partial charge in [0.25, 0.3) is 11.1 Å². The molecule has 0 aromatic heterocycles. The predicted molar refractivity (Wildman–Crippen MR) is 162 cm³/mol. The topological polar surface area (TPSA) is 84.9 Å². The molecule has 1 N–H and O–H groups in total. The van der Waals surface area contributed by atoms with Crippen molar-refractivity contribution in [1.82, 2.24) is 4.90 Å². The molecule has 0 radical (unpaired) electrons. The van der Waals surface area contributed by atoms with Crippen LogP contribution in [-0.4, -0.2) is 35.6 Å². The minimum Gasteiger partial charge on any atom is -0.493 e. The van der Waals surface area contributed by atoms with E-state index in [1.54, 1.807) is 30.3 Å². The molecule has 0 aliphatic carbocycles. The maximum atomic E-state index is 12.9. The Balaban J connectivity index is 1.47. The van der Waals surface area contributed by atoms with E-state index in [0.29, 0.717) is 27.8 Å². The average molecular weight is 761 g/mol. The van der Waals surface area contributed by atoms with Gasteiger partial charge >= 0.3 is 0 Å². The number of anilines is 1. The Labute approximate surface area is 250 Å². The van der Waals surface area contributed by atoms with Crippen molar-refractivity contribution < 1.29 is 23.9 Å². The van der Waals surface area contributed by atoms with Crippen LogP contribution in [0.2, 0.25) is 5.02 Å². The summed E-state index contributed by atoms with van der Waals surface area (Å²) in [4.78, 5) is 39.0. The quantitative estimate of drug-likeness (QED) is 0.201. The summed E-state index contributed by atoms with van der Waals surface area (Å²) in [6.07, 6.45) is 1.60. The Morgan fingerprint density at radius 2 is 1.84 bits per heavy atom. The molecular formula is C26H19ClI2N2O5S. The molecule has 0 saturated carbocycles. The SMILES string of the molecule is COc1cc(/C=C2/SC(=O)N(CC(=O)Nc3ccc(I)cc3)C2=O)cc(I)c1OCc1ccccc1Cl. The van der Waals surface area contributed by atoms with E-state index in [9.17, 15) is 14.4 Å². The minimum atomic E-state index is -0.527. The normalized spacial score (nSPS) is 14.3. The Bertz CT molecular complexity index is 1400. The van der Waals surface area contributed by atoms with E-state index in [-0.39, 0.29) is 18.1 Å². The number of carbonyl (C=O) groups is 3. The number of thioether (sulfide) groups is 1. The maximum absolute atomic E-state index is 12.9. The smallest absolute Gasteiger partial charge is 0.294 e. The Hall–Kier alpha value is -2.29. The largest absolute Gasteiger partial charge is 0.493 e. The number of carbonyl (C=O) groups excluding carboxylic acids is 3. The summed E-state index contributed by atoms with van der Waals surface area (Å²) >= 11 is 11.3. The summed E-state index contributed by atoms with van der Waals surface area (Å²) in [6.45, 7) is -0.113. The van der Waals surface area contributed by atoms with E-state index < -0.39 is 17.1 Å². The molecule has 190 valence electrons. The number of hydrogen-bond donors (Lipinski definition) is 1. The fourth-order valence-electron chi connectivity index (χ4n) is 3.39. The molecule has 1 aliphatic heterocycles. The molecule has 1 aliphatic rings. The molecule has 3 aromatic carbocycles. The summed E-state index contributed by atoms with van der Waals surface area (Å²) < 4.78 is 13.3. The van der Waals surface area contributed by atoms with E-state index in [2.05, 4.69) is 50.5 Å². The molecule has 1 saturated heterocycles. The van der Waals surface area contributed by atoms with Crippen molar-refractivity contribution in [2.45, 2.75) is 6.61 Å². The van der Waals surface area contributed by atoms with E-state index >= 15 is 0 Å². The second-order valence-electron chi connectivity index (χ2n) is 7.74. The summed E-state index contributed by atoms with van der Waals surface area (Å²) in [5.74, 6) is 0.0312. The number of amides is 3. The number of methoxy groups -OCH3 is 1. The lowest BCUT2D eigenvalue weighted by atomic mass is 10.1. The molecule has 7 nitrogen and oxygen atoms in total. The predicted octanol–water partition coefficient (Wildman–Crippen LogP) is 6.81. The van der Waals surface area contributed by atoms with Crippen LogP contribution >= 0.6 is 68.5 Å². The van der Waals surface area contributed by atoms with Crippen LogP contribution in [-0.2, 0) is 16.2 Å². The van der Waals surface area contributed by atoms with Crippen molar-refractivity contribution in [2.24, 2.45) is 0 Å². The highest BCUT2D eigenvalue weighted by atomic mass is 127. The molecule has 11 heteroatoms. The third kappa shape index (κ3) is 6.98. The van der Waals surface area contributed by atoms with Crippen LogP contribution < -0.4 is 14.8 Å². The number of halogens is 3. The van der Waals surface area contributed by atoms with Gasteiger partial charge in [-0.05, 0) is 111 Å². The van der Waals surface area contributed by atoms with Gasteiger partial charge in [-0.2, -0.15) is 0 Å². The van der Waals surface area contributed by atoms with E-state index in [4.69, 9.17) is 21.1 Å². The molecule has 1 heterocycles. The van der Waals surface area contributed by atoms with Crippen LogP contribution in [0.15, 0.2) is 65.6 Å². The molecule has 0 unspecified atom stereocenters. The van der Waals surface area contributed by atoms with Crippen LogP contribution in [0.3, 0.4) is 0 Å². The molecule has 0 atom stereocenters. The zero-order valence-corrected chi connectivity index (χ0v) is 25.2. The van der Waals surface area contributed by atoms with Gasteiger partial charge in [-0.1, -0.05) is 29.8 Å². The lowest BCUT2D eigenvalue weighted by Gasteiger charge is -2.14. The van der Waals surface area contributed by atoms with E-state index in [0.717, 1.165) is 29.4 Å². The number of nitrogens with one attached hydrogen (secondary N) is 1. The van der Waals surface area contributed by atoms with Gasteiger partial charge in [-0.3, -0.25) is 19.3 Å². The van der Waals surface area contributed by atoms with Gasteiger partial charge in [0.15, 0.2) is 11.5 Å². The van der Waals surface area contributed by atoms with Gasteiger partial charge < -0.3 is 14.8 Å². The van der Waals surface area contributed by atoms with Crippen molar-refractivity contribution in [3.8, 4) is 11.5 Å². The van der Waals surface area contributed by atoms with Crippen molar-refractivity contribution in [1.29, 1.82) is 0 Å². The van der Waals surface area contributed by atoms with Gasteiger partial charge in [0.1, 0.15) is 13.2 Å². The van der Waals surface area contributed by atoms with Crippen LogP contribution in [0, 0.1) is 7.14 Å². The molecule has 3 aromatic rings. The van der Waals surface area contributed by atoms with Crippen molar-refractivity contribution in [3.63, 3.8) is 0 Å². The fraction of sp³-hybridized carbons (Fsp3) is 0.115. The average Bonchev–Trinajstić information content (AvgIpc) is 3.12. The second kappa shape index (κ2) is 12.5. The Morgan fingerprint density at radius 1 is 1.11 bits per heavy atom. The highest BCUT2D eigenvalue weighted by molar-refractivity contribution is 14.1. The minimum absolute atomic E-state index is 0.217. The Kier molecular flexibility index (Phi) is 9.37. The number of rotatable bonds is 8. The summed E-state index contributed by atoms with van der Waals surface area (Å²) in [5, 5.41) is 2.80. The summed E-state index contributed by atoms with van der Waals surface area (Å²) in [5.41, 5.74) is 2.08. The van der Waals surface area contributed by atoms with Crippen molar-refractivity contribution >= 4 is 97.4 Å². The first kappa shape index (κ1) is 27.7. The zero-order chi connectivity index (χ0) is 26.5. The summed E-state index contributed by atoms with van der Waals surface area (Å²) in [6, 6.07) is 18.2.